The maximum absolute atomic E-state index is 13.6. The fourth-order valence-electron chi connectivity index (χ4n) is 2.73. The van der Waals surface area contributed by atoms with Gasteiger partial charge in [-0.2, -0.15) is 0 Å². The van der Waals surface area contributed by atoms with Crippen molar-refractivity contribution in [1.82, 2.24) is 0 Å². The number of carbonyl (C=O) groups is 2. The molecule has 0 aromatic heterocycles. The summed E-state index contributed by atoms with van der Waals surface area (Å²) in [4.78, 5) is 25.7. The molecule has 0 amide bonds. The predicted molar refractivity (Wildman–Crippen MR) is 106 cm³/mol. The van der Waals surface area contributed by atoms with Crippen LogP contribution in [-0.2, 0) is 4.74 Å². The lowest BCUT2D eigenvalue weighted by Crippen LogP contribution is -2.21. The van der Waals surface area contributed by atoms with Gasteiger partial charge in [-0.05, 0) is 26.0 Å². The molecule has 6 heteroatoms. The lowest BCUT2D eigenvalue weighted by Gasteiger charge is -2.18. The van der Waals surface area contributed by atoms with Crippen LogP contribution in [0.4, 0.5) is 8.78 Å². The highest BCUT2D eigenvalue weighted by Crippen LogP contribution is 2.27. The fourth-order valence-corrected chi connectivity index (χ4v) is 2.96. The average Bonchev–Trinajstić information content (AvgIpc) is 2.69. The third kappa shape index (κ3) is 4.69. The van der Waals surface area contributed by atoms with Crippen molar-refractivity contribution in [3.63, 3.8) is 0 Å². The number of halogens is 3. The van der Waals surface area contributed by atoms with E-state index in [9.17, 15) is 18.4 Å². The summed E-state index contributed by atoms with van der Waals surface area (Å²) in [5.74, 6) is -3.89. The molecule has 3 rings (SSSR count). The lowest BCUT2D eigenvalue weighted by molar-refractivity contribution is 0.0279. The van der Waals surface area contributed by atoms with Crippen LogP contribution >= 0.6 is 11.6 Å². The summed E-state index contributed by atoms with van der Waals surface area (Å²) >= 11 is 5.87. The van der Waals surface area contributed by atoms with E-state index in [1.165, 1.54) is 0 Å². The number of rotatable bonds is 5. The van der Waals surface area contributed by atoms with Crippen LogP contribution in [0.1, 0.15) is 43.5 Å². The Balaban J connectivity index is 1.98. The Morgan fingerprint density at radius 2 is 1.38 bits per heavy atom. The molecule has 0 fully saturated rings. The van der Waals surface area contributed by atoms with Crippen LogP contribution in [0.15, 0.2) is 60.7 Å². The van der Waals surface area contributed by atoms with E-state index < -0.39 is 29.5 Å². The quantitative estimate of drug-likeness (QED) is 0.291. The maximum Gasteiger partial charge on any atom is 0.340 e. The molecule has 148 valence electrons. The second-order valence-electron chi connectivity index (χ2n) is 6.67. The van der Waals surface area contributed by atoms with Crippen LogP contribution in [-0.4, -0.2) is 11.8 Å². The lowest BCUT2D eigenvalue weighted by atomic mass is 9.98. The zero-order valence-electron chi connectivity index (χ0n) is 15.7. The van der Waals surface area contributed by atoms with Crippen molar-refractivity contribution >= 4 is 23.4 Å². The van der Waals surface area contributed by atoms with Crippen molar-refractivity contribution < 1.29 is 23.1 Å². The van der Waals surface area contributed by atoms with E-state index in [2.05, 4.69) is 0 Å². The second-order valence-corrected chi connectivity index (χ2v) is 7.08. The van der Waals surface area contributed by atoms with E-state index in [0.29, 0.717) is 23.3 Å². The van der Waals surface area contributed by atoms with Gasteiger partial charge in [0.2, 0.25) is 5.78 Å². The summed E-state index contributed by atoms with van der Waals surface area (Å²) in [5.41, 5.74) is 2.38. The van der Waals surface area contributed by atoms with Crippen LogP contribution in [0, 0.1) is 25.5 Å². The first-order valence-electron chi connectivity index (χ1n) is 8.79. The average molecular weight is 415 g/mol. The normalized spacial score (nSPS) is 11.8. The molecular formula is C23H17ClF2O3. The van der Waals surface area contributed by atoms with Crippen molar-refractivity contribution in [2.45, 2.75) is 20.0 Å². The molecule has 0 aliphatic rings. The highest BCUT2D eigenvalue weighted by molar-refractivity contribution is 6.33. The van der Waals surface area contributed by atoms with Gasteiger partial charge < -0.3 is 4.74 Å². The standard InChI is InChI=1S/C23H17ClF2O3/c1-13-3-7-15(8-4-13)21(27)22(16-9-5-14(2)6-10-16)29-23(28)17-11-19(25)20(26)12-18(17)24/h3-12,22H,1-2H3/t22-/m0/s1. The molecule has 0 aliphatic heterocycles. The molecule has 0 N–H and O–H groups in total. The largest absolute Gasteiger partial charge is 0.445 e. The van der Waals surface area contributed by atoms with Crippen LogP contribution in [0.2, 0.25) is 5.02 Å². The van der Waals surface area contributed by atoms with Crippen LogP contribution in [0.25, 0.3) is 0 Å². The molecule has 3 nitrogen and oxygen atoms in total. The van der Waals surface area contributed by atoms with Gasteiger partial charge >= 0.3 is 5.97 Å². The smallest absolute Gasteiger partial charge is 0.340 e. The number of ketones is 1. The third-order valence-electron chi connectivity index (χ3n) is 4.41. The zero-order valence-corrected chi connectivity index (χ0v) is 16.5. The maximum atomic E-state index is 13.6. The molecular weight excluding hydrogens is 398 g/mol. The summed E-state index contributed by atoms with van der Waals surface area (Å²) in [6, 6.07) is 15.1. The first-order chi connectivity index (χ1) is 13.8. The van der Waals surface area contributed by atoms with E-state index in [1.54, 1.807) is 48.5 Å². The van der Waals surface area contributed by atoms with E-state index in [-0.39, 0.29) is 10.6 Å². The fraction of sp³-hybridized carbons (Fsp3) is 0.130. The Hall–Kier alpha value is -3.05. The van der Waals surface area contributed by atoms with Crippen molar-refractivity contribution in [3.05, 3.63) is 105 Å². The van der Waals surface area contributed by atoms with Gasteiger partial charge in [0, 0.05) is 11.1 Å². The summed E-state index contributed by atoms with van der Waals surface area (Å²) in [7, 11) is 0. The van der Waals surface area contributed by atoms with Gasteiger partial charge in [-0.3, -0.25) is 4.79 Å². The van der Waals surface area contributed by atoms with Gasteiger partial charge in [0.1, 0.15) is 0 Å². The summed E-state index contributed by atoms with van der Waals surface area (Å²) in [5, 5.41) is -0.306. The van der Waals surface area contributed by atoms with Crippen LogP contribution < -0.4 is 0 Å². The van der Waals surface area contributed by atoms with Crippen molar-refractivity contribution in [3.8, 4) is 0 Å². The minimum absolute atomic E-state index is 0.306. The van der Waals surface area contributed by atoms with Gasteiger partial charge in [-0.15, -0.1) is 0 Å². The van der Waals surface area contributed by atoms with Gasteiger partial charge in [-0.25, -0.2) is 13.6 Å². The Bertz CT molecular complexity index is 1060. The summed E-state index contributed by atoms with van der Waals surface area (Å²) < 4.78 is 32.3. The van der Waals surface area contributed by atoms with Crippen molar-refractivity contribution in [2.75, 3.05) is 0 Å². The molecule has 0 heterocycles. The predicted octanol–water partition coefficient (Wildman–Crippen LogP) is 6.02. The summed E-state index contributed by atoms with van der Waals surface area (Å²) in [6.07, 6.45) is -1.27. The molecule has 0 saturated heterocycles. The Labute approximate surface area is 171 Å². The van der Waals surface area contributed by atoms with Crippen molar-refractivity contribution in [1.29, 1.82) is 0 Å². The molecule has 1 atom stereocenters. The molecule has 3 aromatic carbocycles. The number of aryl methyl sites for hydroxylation is 2. The Morgan fingerprint density at radius 3 is 1.97 bits per heavy atom. The van der Waals surface area contributed by atoms with Gasteiger partial charge in [-0.1, -0.05) is 71.3 Å². The van der Waals surface area contributed by atoms with Crippen molar-refractivity contribution in [2.24, 2.45) is 0 Å². The molecule has 0 saturated carbocycles. The Morgan fingerprint density at radius 1 is 0.862 bits per heavy atom. The highest BCUT2D eigenvalue weighted by Gasteiger charge is 2.28. The van der Waals surface area contributed by atoms with E-state index >= 15 is 0 Å². The molecule has 0 bridgehead atoms. The van der Waals surface area contributed by atoms with Gasteiger partial charge in [0.05, 0.1) is 10.6 Å². The molecule has 0 aliphatic carbocycles. The highest BCUT2D eigenvalue weighted by atomic mass is 35.5. The number of hydrogen-bond acceptors (Lipinski definition) is 3. The molecule has 0 radical (unpaired) electrons. The molecule has 29 heavy (non-hydrogen) atoms. The summed E-state index contributed by atoms with van der Waals surface area (Å²) in [6.45, 7) is 3.77. The Kier molecular flexibility index (Phi) is 6.09. The molecule has 0 unspecified atom stereocenters. The number of Topliss-reactive ketones (excluding diaryl/α,β-unsaturated/α-hetero) is 1. The zero-order chi connectivity index (χ0) is 21.1. The van der Waals surface area contributed by atoms with E-state index in [4.69, 9.17) is 16.3 Å². The SMILES string of the molecule is Cc1ccc(C(=O)[C@@H](OC(=O)c2cc(F)c(F)cc2Cl)c2ccc(C)cc2)cc1. The van der Waals surface area contributed by atoms with E-state index in [0.717, 1.165) is 11.1 Å². The number of esters is 1. The number of ether oxygens (including phenoxy) is 1. The minimum atomic E-state index is -1.27. The topological polar surface area (TPSA) is 43.4 Å². The second kappa shape index (κ2) is 8.53. The van der Waals surface area contributed by atoms with Crippen LogP contribution in [0.3, 0.4) is 0 Å². The number of carbonyl (C=O) groups excluding carboxylic acids is 2. The first kappa shape index (κ1) is 20.7. The number of hydrogen-bond donors (Lipinski definition) is 0. The minimum Gasteiger partial charge on any atom is -0.445 e. The van der Waals surface area contributed by atoms with Gasteiger partial charge in [0.25, 0.3) is 0 Å². The monoisotopic (exact) mass is 414 g/mol. The van der Waals surface area contributed by atoms with E-state index in [1.807, 2.05) is 13.8 Å². The molecule has 3 aromatic rings. The number of benzene rings is 3. The first-order valence-corrected chi connectivity index (χ1v) is 9.17. The van der Waals surface area contributed by atoms with Crippen LogP contribution in [0.5, 0.6) is 0 Å². The third-order valence-corrected chi connectivity index (χ3v) is 4.72. The van der Waals surface area contributed by atoms with Gasteiger partial charge in [0.15, 0.2) is 17.7 Å². The molecule has 0 spiro atoms.